The Bertz CT molecular complexity index is 280. The number of carbonyl (C=O) groups is 1. The van der Waals surface area contributed by atoms with E-state index in [0.29, 0.717) is 24.5 Å². The molecular formula is C9H12O3S. The standard InChI is InChI=1S/C9H12O3S/c1-3-11-8-6-13-5-7(8)9(10)12-4-2/h5-6H,3-4H2,1-2H3. The molecule has 0 N–H and O–H groups in total. The third-order valence-corrected chi connectivity index (χ3v) is 2.14. The fraction of sp³-hybridized carbons (Fsp3) is 0.444. The predicted molar refractivity (Wildman–Crippen MR) is 51.4 cm³/mol. The summed E-state index contributed by atoms with van der Waals surface area (Å²) in [5, 5.41) is 3.54. The Kier molecular flexibility index (Phi) is 3.76. The van der Waals surface area contributed by atoms with Crippen molar-refractivity contribution in [3.8, 4) is 5.75 Å². The summed E-state index contributed by atoms with van der Waals surface area (Å²) in [6.45, 7) is 4.61. The van der Waals surface area contributed by atoms with E-state index in [-0.39, 0.29) is 5.97 Å². The van der Waals surface area contributed by atoms with Crippen molar-refractivity contribution in [2.45, 2.75) is 13.8 Å². The maximum atomic E-state index is 11.3. The van der Waals surface area contributed by atoms with Crippen molar-refractivity contribution >= 4 is 17.3 Å². The first-order chi connectivity index (χ1) is 6.29. The SMILES string of the molecule is CCOC(=O)c1cscc1OCC. The number of rotatable bonds is 4. The zero-order chi connectivity index (χ0) is 9.68. The molecule has 72 valence electrons. The minimum atomic E-state index is -0.313. The largest absolute Gasteiger partial charge is 0.492 e. The lowest BCUT2D eigenvalue weighted by atomic mass is 10.3. The third-order valence-electron chi connectivity index (χ3n) is 1.42. The number of hydrogen-bond donors (Lipinski definition) is 0. The first-order valence-electron chi connectivity index (χ1n) is 4.15. The maximum absolute atomic E-state index is 11.3. The van der Waals surface area contributed by atoms with E-state index in [1.54, 1.807) is 17.7 Å². The van der Waals surface area contributed by atoms with Crippen LogP contribution >= 0.6 is 11.3 Å². The number of thiophene rings is 1. The van der Waals surface area contributed by atoms with Gasteiger partial charge in [0.1, 0.15) is 11.3 Å². The van der Waals surface area contributed by atoms with Gasteiger partial charge in [0.2, 0.25) is 0 Å². The molecule has 3 nitrogen and oxygen atoms in total. The summed E-state index contributed by atoms with van der Waals surface area (Å²) in [6.07, 6.45) is 0. The number of esters is 1. The molecule has 0 bridgehead atoms. The first kappa shape index (κ1) is 10.1. The van der Waals surface area contributed by atoms with E-state index in [1.807, 2.05) is 6.92 Å². The predicted octanol–water partition coefficient (Wildman–Crippen LogP) is 2.32. The van der Waals surface area contributed by atoms with Gasteiger partial charge in [-0.15, -0.1) is 11.3 Å². The van der Waals surface area contributed by atoms with Crippen molar-refractivity contribution in [3.05, 3.63) is 16.3 Å². The molecule has 0 fully saturated rings. The topological polar surface area (TPSA) is 35.5 Å². The molecule has 4 heteroatoms. The fourth-order valence-corrected chi connectivity index (χ4v) is 1.65. The van der Waals surface area contributed by atoms with Crippen LogP contribution in [-0.4, -0.2) is 19.2 Å². The summed E-state index contributed by atoms with van der Waals surface area (Å²) < 4.78 is 10.1. The highest BCUT2D eigenvalue weighted by atomic mass is 32.1. The Morgan fingerprint density at radius 2 is 2.15 bits per heavy atom. The summed E-state index contributed by atoms with van der Waals surface area (Å²) in [5.74, 6) is 0.304. The minimum Gasteiger partial charge on any atom is -0.492 e. The van der Waals surface area contributed by atoms with Crippen LogP contribution in [0.25, 0.3) is 0 Å². The molecule has 0 aromatic carbocycles. The molecular weight excluding hydrogens is 188 g/mol. The van der Waals surface area contributed by atoms with E-state index in [4.69, 9.17) is 9.47 Å². The van der Waals surface area contributed by atoms with Gasteiger partial charge in [0.15, 0.2) is 0 Å². The fourth-order valence-electron chi connectivity index (χ4n) is 0.910. The molecule has 0 saturated carbocycles. The van der Waals surface area contributed by atoms with Crippen LogP contribution in [0.15, 0.2) is 10.8 Å². The Morgan fingerprint density at radius 1 is 1.38 bits per heavy atom. The molecule has 0 aliphatic heterocycles. The van der Waals surface area contributed by atoms with Crippen molar-refractivity contribution in [1.82, 2.24) is 0 Å². The molecule has 0 radical (unpaired) electrons. The highest BCUT2D eigenvalue weighted by Crippen LogP contribution is 2.24. The lowest BCUT2D eigenvalue weighted by Gasteiger charge is -2.03. The molecule has 0 saturated heterocycles. The summed E-state index contributed by atoms with van der Waals surface area (Å²) in [4.78, 5) is 11.3. The van der Waals surface area contributed by atoms with Crippen LogP contribution in [0.3, 0.4) is 0 Å². The molecule has 0 amide bonds. The molecule has 0 aliphatic rings. The van der Waals surface area contributed by atoms with E-state index in [0.717, 1.165) is 0 Å². The van der Waals surface area contributed by atoms with Gasteiger partial charge in [0, 0.05) is 10.8 Å². The van der Waals surface area contributed by atoms with Gasteiger partial charge in [0.25, 0.3) is 0 Å². The van der Waals surface area contributed by atoms with Gasteiger partial charge >= 0.3 is 5.97 Å². The highest BCUT2D eigenvalue weighted by Gasteiger charge is 2.13. The van der Waals surface area contributed by atoms with Crippen LogP contribution < -0.4 is 4.74 Å². The first-order valence-corrected chi connectivity index (χ1v) is 5.10. The molecule has 0 aliphatic carbocycles. The smallest absolute Gasteiger partial charge is 0.342 e. The van der Waals surface area contributed by atoms with Crippen molar-refractivity contribution in [3.63, 3.8) is 0 Å². The van der Waals surface area contributed by atoms with Crippen LogP contribution in [0, 0.1) is 0 Å². The maximum Gasteiger partial charge on any atom is 0.342 e. The number of ether oxygens (including phenoxy) is 2. The quantitative estimate of drug-likeness (QED) is 0.700. The van der Waals surface area contributed by atoms with Crippen molar-refractivity contribution in [2.75, 3.05) is 13.2 Å². The summed E-state index contributed by atoms with van der Waals surface area (Å²) in [5.41, 5.74) is 0.522. The van der Waals surface area contributed by atoms with Crippen molar-refractivity contribution < 1.29 is 14.3 Å². The second-order valence-corrected chi connectivity index (χ2v) is 3.05. The summed E-state index contributed by atoms with van der Waals surface area (Å²) >= 11 is 1.43. The Hall–Kier alpha value is -1.03. The van der Waals surface area contributed by atoms with Crippen molar-refractivity contribution in [1.29, 1.82) is 0 Å². The van der Waals surface area contributed by atoms with E-state index in [1.165, 1.54) is 11.3 Å². The summed E-state index contributed by atoms with van der Waals surface area (Å²) in [6, 6.07) is 0. The monoisotopic (exact) mass is 200 g/mol. The number of hydrogen-bond acceptors (Lipinski definition) is 4. The molecule has 0 atom stereocenters. The summed E-state index contributed by atoms with van der Waals surface area (Å²) in [7, 11) is 0. The molecule has 1 aromatic heterocycles. The second-order valence-electron chi connectivity index (χ2n) is 2.30. The molecule has 1 heterocycles. The minimum absolute atomic E-state index is 0.313. The average molecular weight is 200 g/mol. The molecule has 0 spiro atoms. The Labute approximate surface area is 81.3 Å². The zero-order valence-corrected chi connectivity index (χ0v) is 8.52. The normalized spacial score (nSPS) is 9.69. The highest BCUT2D eigenvalue weighted by molar-refractivity contribution is 7.08. The van der Waals surface area contributed by atoms with Crippen LogP contribution in [0.1, 0.15) is 24.2 Å². The average Bonchev–Trinajstić information content (AvgIpc) is 2.54. The Morgan fingerprint density at radius 3 is 2.77 bits per heavy atom. The van der Waals surface area contributed by atoms with Gasteiger partial charge in [-0.2, -0.15) is 0 Å². The van der Waals surface area contributed by atoms with E-state index < -0.39 is 0 Å². The lowest BCUT2D eigenvalue weighted by molar-refractivity contribution is 0.0523. The van der Waals surface area contributed by atoms with Gasteiger partial charge in [-0.3, -0.25) is 0 Å². The van der Waals surface area contributed by atoms with Crippen LogP contribution in [0.5, 0.6) is 5.75 Å². The van der Waals surface area contributed by atoms with Gasteiger partial charge in [0.05, 0.1) is 13.2 Å². The van der Waals surface area contributed by atoms with Crippen LogP contribution in [-0.2, 0) is 4.74 Å². The number of carbonyl (C=O) groups excluding carboxylic acids is 1. The van der Waals surface area contributed by atoms with E-state index in [9.17, 15) is 4.79 Å². The molecule has 0 unspecified atom stereocenters. The van der Waals surface area contributed by atoms with Crippen LogP contribution in [0.2, 0.25) is 0 Å². The van der Waals surface area contributed by atoms with E-state index >= 15 is 0 Å². The Balaban J connectivity index is 2.74. The van der Waals surface area contributed by atoms with Gasteiger partial charge < -0.3 is 9.47 Å². The van der Waals surface area contributed by atoms with Crippen molar-refractivity contribution in [2.24, 2.45) is 0 Å². The van der Waals surface area contributed by atoms with E-state index in [2.05, 4.69) is 0 Å². The zero-order valence-electron chi connectivity index (χ0n) is 7.70. The van der Waals surface area contributed by atoms with Gasteiger partial charge in [-0.1, -0.05) is 0 Å². The van der Waals surface area contributed by atoms with Gasteiger partial charge in [-0.05, 0) is 13.8 Å². The third kappa shape index (κ3) is 2.45. The molecule has 13 heavy (non-hydrogen) atoms. The molecule has 1 rings (SSSR count). The van der Waals surface area contributed by atoms with Crippen LogP contribution in [0.4, 0.5) is 0 Å². The lowest BCUT2D eigenvalue weighted by Crippen LogP contribution is -2.05. The molecule has 1 aromatic rings. The van der Waals surface area contributed by atoms with Gasteiger partial charge in [-0.25, -0.2) is 4.79 Å². The second kappa shape index (κ2) is 4.87.